The second-order valence-corrected chi connectivity index (χ2v) is 7.71. The molecule has 0 aromatic heterocycles. The van der Waals surface area contributed by atoms with Crippen LogP contribution >= 0.6 is 11.6 Å². The monoisotopic (exact) mass is 301 g/mol. The summed E-state index contributed by atoms with van der Waals surface area (Å²) >= 11 is 5.84. The molecule has 1 aromatic carbocycles. The van der Waals surface area contributed by atoms with E-state index in [0.29, 0.717) is 29.2 Å². The van der Waals surface area contributed by atoms with Gasteiger partial charge in [0.2, 0.25) is 10.0 Å². The normalized spacial score (nSPS) is 22.8. The van der Waals surface area contributed by atoms with Crippen molar-refractivity contribution in [1.29, 1.82) is 0 Å². The van der Waals surface area contributed by atoms with Crippen molar-refractivity contribution >= 4 is 21.6 Å². The van der Waals surface area contributed by atoms with E-state index in [2.05, 4.69) is 6.92 Å². The van der Waals surface area contributed by atoms with Crippen LogP contribution in [0.25, 0.3) is 0 Å². The maximum absolute atomic E-state index is 12.6. The van der Waals surface area contributed by atoms with Crippen LogP contribution in [0.2, 0.25) is 0 Å². The fraction of sp³-hybridized carbons (Fsp3) is 0.571. The van der Waals surface area contributed by atoms with Crippen LogP contribution in [0.15, 0.2) is 23.1 Å². The molecule has 1 aliphatic carbocycles. The summed E-state index contributed by atoms with van der Waals surface area (Å²) in [7, 11) is -1.75. The number of alkyl halides is 1. The zero-order valence-corrected chi connectivity index (χ0v) is 13.1. The molecule has 0 bridgehead atoms. The van der Waals surface area contributed by atoms with Crippen LogP contribution in [0, 0.1) is 18.8 Å². The molecule has 106 valence electrons. The van der Waals surface area contributed by atoms with Crippen molar-refractivity contribution < 1.29 is 8.42 Å². The molecule has 0 N–H and O–H groups in total. The summed E-state index contributed by atoms with van der Waals surface area (Å²) in [4.78, 5) is 0.376. The highest BCUT2D eigenvalue weighted by atomic mass is 35.5. The van der Waals surface area contributed by atoms with Gasteiger partial charge < -0.3 is 0 Å². The molecule has 1 saturated carbocycles. The number of hydrogen-bond acceptors (Lipinski definition) is 2. The molecule has 0 spiro atoms. The van der Waals surface area contributed by atoms with Crippen molar-refractivity contribution in [2.24, 2.45) is 11.8 Å². The first-order valence-corrected chi connectivity index (χ1v) is 8.46. The molecule has 2 unspecified atom stereocenters. The molecule has 3 nitrogen and oxygen atoms in total. The molecule has 0 heterocycles. The SMILES string of the molecule is Cc1c(CCl)cccc1S(=O)(=O)N(C)CC1CC1C. The Balaban J connectivity index is 2.28. The lowest BCUT2D eigenvalue weighted by atomic mass is 10.1. The molecule has 1 aromatic rings. The maximum Gasteiger partial charge on any atom is 0.243 e. The van der Waals surface area contributed by atoms with Gasteiger partial charge in [-0.3, -0.25) is 0 Å². The quantitative estimate of drug-likeness (QED) is 0.784. The number of halogens is 1. The van der Waals surface area contributed by atoms with E-state index in [1.165, 1.54) is 4.31 Å². The Morgan fingerprint density at radius 2 is 2.05 bits per heavy atom. The van der Waals surface area contributed by atoms with Gasteiger partial charge in [0.1, 0.15) is 0 Å². The molecular weight excluding hydrogens is 282 g/mol. The van der Waals surface area contributed by atoms with Gasteiger partial charge in [-0.15, -0.1) is 11.6 Å². The van der Waals surface area contributed by atoms with Crippen molar-refractivity contribution in [2.75, 3.05) is 13.6 Å². The van der Waals surface area contributed by atoms with Gasteiger partial charge in [0, 0.05) is 19.5 Å². The Labute approximate surface area is 120 Å². The third kappa shape index (κ3) is 2.96. The summed E-state index contributed by atoms with van der Waals surface area (Å²) in [5.74, 6) is 1.49. The second kappa shape index (κ2) is 5.43. The number of hydrogen-bond donors (Lipinski definition) is 0. The van der Waals surface area contributed by atoms with E-state index < -0.39 is 10.0 Å². The van der Waals surface area contributed by atoms with E-state index >= 15 is 0 Å². The highest BCUT2D eigenvalue weighted by molar-refractivity contribution is 7.89. The molecule has 1 fully saturated rings. The second-order valence-electron chi connectivity index (χ2n) is 5.43. The fourth-order valence-electron chi connectivity index (χ4n) is 2.33. The molecule has 2 atom stereocenters. The summed E-state index contributed by atoms with van der Waals surface area (Å²) in [6.45, 7) is 4.58. The van der Waals surface area contributed by atoms with Crippen LogP contribution < -0.4 is 0 Å². The van der Waals surface area contributed by atoms with E-state index in [-0.39, 0.29) is 0 Å². The molecule has 1 aliphatic rings. The molecule has 2 rings (SSSR count). The van der Waals surface area contributed by atoms with Gasteiger partial charge in [0.05, 0.1) is 4.90 Å². The Kier molecular flexibility index (Phi) is 4.23. The maximum atomic E-state index is 12.6. The average molecular weight is 302 g/mol. The summed E-state index contributed by atoms with van der Waals surface area (Å²) in [6.07, 6.45) is 1.13. The molecule has 0 radical (unpaired) electrons. The average Bonchev–Trinajstić information content (AvgIpc) is 3.04. The van der Waals surface area contributed by atoms with Crippen LogP contribution in [0.1, 0.15) is 24.5 Å². The summed E-state index contributed by atoms with van der Waals surface area (Å²) < 4.78 is 26.6. The molecular formula is C14H20ClNO2S. The van der Waals surface area contributed by atoms with Crippen molar-refractivity contribution in [3.8, 4) is 0 Å². The van der Waals surface area contributed by atoms with Crippen LogP contribution in [0.5, 0.6) is 0 Å². The van der Waals surface area contributed by atoms with Crippen LogP contribution in [-0.4, -0.2) is 26.3 Å². The van der Waals surface area contributed by atoms with Gasteiger partial charge in [-0.25, -0.2) is 12.7 Å². The smallest absolute Gasteiger partial charge is 0.207 e. The largest absolute Gasteiger partial charge is 0.243 e. The van der Waals surface area contributed by atoms with E-state index in [4.69, 9.17) is 11.6 Å². The predicted molar refractivity (Wildman–Crippen MR) is 77.8 cm³/mol. The Morgan fingerprint density at radius 3 is 2.58 bits per heavy atom. The van der Waals surface area contributed by atoms with Crippen LogP contribution in [0.3, 0.4) is 0 Å². The van der Waals surface area contributed by atoms with E-state index in [0.717, 1.165) is 17.5 Å². The van der Waals surface area contributed by atoms with Gasteiger partial charge in [-0.05, 0) is 42.4 Å². The standard InChI is InChI=1S/C14H20ClNO2S/c1-10-7-13(10)9-16(3)19(17,18)14-6-4-5-12(8-15)11(14)2/h4-6,10,13H,7-9H2,1-3H3. The number of benzene rings is 1. The topological polar surface area (TPSA) is 37.4 Å². The van der Waals surface area contributed by atoms with Crippen LogP contribution in [0.4, 0.5) is 0 Å². The molecule has 0 amide bonds. The van der Waals surface area contributed by atoms with Gasteiger partial charge in [0.15, 0.2) is 0 Å². The zero-order valence-electron chi connectivity index (χ0n) is 11.6. The van der Waals surface area contributed by atoms with E-state index in [1.807, 2.05) is 13.0 Å². The first kappa shape index (κ1) is 14.8. The van der Waals surface area contributed by atoms with Gasteiger partial charge >= 0.3 is 0 Å². The third-order valence-corrected chi connectivity index (χ3v) is 6.25. The molecule has 0 aliphatic heterocycles. The fourth-order valence-corrected chi connectivity index (χ4v) is 4.12. The van der Waals surface area contributed by atoms with Crippen molar-refractivity contribution in [2.45, 2.75) is 31.0 Å². The Morgan fingerprint density at radius 1 is 1.42 bits per heavy atom. The number of nitrogens with zero attached hydrogens (tertiary/aromatic N) is 1. The minimum atomic E-state index is -3.41. The first-order valence-electron chi connectivity index (χ1n) is 6.48. The minimum Gasteiger partial charge on any atom is -0.207 e. The van der Waals surface area contributed by atoms with Gasteiger partial charge in [-0.1, -0.05) is 19.1 Å². The lowest BCUT2D eigenvalue weighted by molar-refractivity contribution is 0.444. The van der Waals surface area contributed by atoms with Crippen molar-refractivity contribution in [3.63, 3.8) is 0 Å². The van der Waals surface area contributed by atoms with Gasteiger partial charge in [-0.2, -0.15) is 0 Å². The molecule has 19 heavy (non-hydrogen) atoms. The minimum absolute atomic E-state index is 0.332. The lowest BCUT2D eigenvalue weighted by Gasteiger charge is -2.19. The summed E-state index contributed by atoms with van der Waals surface area (Å²) in [5, 5.41) is 0. The van der Waals surface area contributed by atoms with Gasteiger partial charge in [0.25, 0.3) is 0 Å². The lowest BCUT2D eigenvalue weighted by Crippen LogP contribution is -2.30. The molecule has 5 heteroatoms. The molecule has 0 saturated heterocycles. The summed E-state index contributed by atoms with van der Waals surface area (Å²) in [5.41, 5.74) is 1.63. The van der Waals surface area contributed by atoms with E-state index in [1.54, 1.807) is 19.2 Å². The van der Waals surface area contributed by atoms with E-state index in [9.17, 15) is 8.42 Å². The third-order valence-electron chi connectivity index (χ3n) is 4.00. The number of sulfonamides is 1. The highest BCUT2D eigenvalue weighted by Gasteiger charge is 2.36. The van der Waals surface area contributed by atoms with Crippen molar-refractivity contribution in [3.05, 3.63) is 29.3 Å². The zero-order chi connectivity index (χ0) is 14.2. The van der Waals surface area contributed by atoms with Crippen molar-refractivity contribution in [1.82, 2.24) is 4.31 Å². The summed E-state index contributed by atoms with van der Waals surface area (Å²) in [6, 6.07) is 5.28. The first-order chi connectivity index (χ1) is 8.87. The number of rotatable bonds is 5. The Hall–Kier alpha value is -0.580. The highest BCUT2D eigenvalue weighted by Crippen LogP contribution is 2.39. The van der Waals surface area contributed by atoms with Crippen LogP contribution in [-0.2, 0) is 15.9 Å². The predicted octanol–water partition coefficient (Wildman–Crippen LogP) is 3.01. The Bertz CT molecular complexity index is 571.